The highest BCUT2D eigenvalue weighted by molar-refractivity contribution is 5.87. The molecular formula is C27H30N2O5. The lowest BCUT2D eigenvalue weighted by Crippen LogP contribution is -2.51. The SMILES string of the molecule is CC1CCC(C(=O)O)N(C(=O)[C@@H]2C[C@@H]2CNC(=O)OCC2c3ccccc3-c3ccccc32)C1. The van der Waals surface area contributed by atoms with E-state index in [1.165, 1.54) is 16.0 Å². The van der Waals surface area contributed by atoms with Crippen molar-refractivity contribution < 1.29 is 24.2 Å². The van der Waals surface area contributed by atoms with Gasteiger partial charge in [-0.15, -0.1) is 0 Å². The molecule has 2 aliphatic carbocycles. The van der Waals surface area contributed by atoms with Gasteiger partial charge in [-0.1, -0.05) is 55.5 Å². The van der Waals surface area contributed by atoms with Gasteiger partial charge in [0.2, 0.25) is 5.91 Å². The number of carbonyl (C=O) groups excluding carboxylic acids is 2. The van der Waals surface area contributed by atoms with Gasteiger partial charge in [0.1, 0.15) is 12.6 Å². The lowest BCUT2D eigenvalue weighted by atomic mass is 9.93. The van der Waals surface area contributed by atoms with Gasteiger partial charge in [-0.3, -0.25) is 4.79 Å². The number of amides is 2. The minimum atomic E-state index is -0.936. The van der Waals surface area contributed by atoms with Crippen LogP contribution in [0, 0.1) is 17.8 Å². The third-order valence-electron chi connectivity index (χ3n) is 7.48. The maximum absolute atomic E-state index is 12.9. The molecule has 2 fully saturated rings. The predicted octanol–water partition coefficient (Wildman–Crippen LogP) is 3.87. The summed E-state index contributed by atoms with van der Waals surface area (Å²) in [6, 6.07) is 15.6. The molecule has 3 aliphatic rings. The zero-order valence-corrected chi connectivity index (χ0v) is 19.3. The van der Waals surface area contributed by atoms with Crippen LogP contribution in [0.15, 0.2) is 48.5 Å². The molecule has 1 heterocycles. The lowest BCUT2D eigenvalue weighted by molar-refractivity contribution is -0.153. The van der Waals surface area contributed by atoms with E-state index in [0.717, 1.165) is 17.5 Å². The third-order valence-corrected chi connectivity index (χ3v) is 7.48. The quantitative estimate of drug-likeness (QED) is 0.679. The average molecular weight is 463 g/mol. The van der Waals surface area contributed by atoms with Crippen LogP contribution < -0.4 is 5.32 Å². The van der Waals surface area contributed by atoms with Crippen molar-refractivity contribution in [1.82, 2.24) is 10.2 Å². The second-order valence-electron chi connectivity index (χ2n) is 9.84. The second kappa shape index (κ2) is 9.12. The monoisotopic (exact) mass is 462 g/mol. The first-order valence-electron chi connectivity index (χ1n) is 12.1. The molecule has 2 N–H and O–H groups in total. The molecule has 0 aromatic heterocycles. The van der Waals surface area contributed by atoms with Gasteiger partial charge in [-0.2, -0.15) is 0 Å². The molecule has 0 bridgehead atoms. The molecule has 178 valence electrons. The number of rotatable bonds is 6. The van der Waals surface area contributed by atoms with E-state index in [1.807, 2.05) is 31.2 Å². The molecule has 7 heteroatoms. The van der Waals surface area contributed by atoms with Crippen molar-refractivity contribution in [2.24, 2.45) is 17.8 Å². The number of likely N-dealkylation sites (tertiary alicyclic amines) is 1. The van der Waals surface area contributed by atoms with E-state index in [9.17, 15) is 19.5 Å². The zero-order valence-electron chi connectivity index (χ0n) is 19.3. The van der Waals surface area contributed by atoms with Crippen LogP contribution in [0.2, 0.25) is 0 Å². The van der Waals surface area contributed by atoms with E-state index in [2.05, 4.69) is 29.6 Å². The molecule has 5 rings (SSSR count). The summed E-state index contributed by atoms with van der Waals surface area (Å²) >= 11 is 0. The molecule has 2 amide bonds. The number of hydrogen-bond acceptors (Lipinski definition) is 4. The van der Waals surface area contributed by atoms with Crippen LogP contribution in [0.4, 0.5) is 4.79 Å². The van der Waals surface area contributed by atoms with E-state index >= 15 is 0 Å². The molecule has 2 aromatic carbocycles. The fourth-order valence-electron chi connectivity index (χ4n) is 5.51. The maximum atomic E-state index is 12.9. The molecule has 2 aromatic rings. The largest absolute Gasteiger partial charge is 0.480 e. The summed E-state index contributed by atoms with van der Waals surface area (Å²) in [6.45, 7) is 3.13. The number of alkyl carbamates (subject to hydrolysis) is 1. The van der Waals surface area contributed by atoms with Gasteiger partial charge in [0, 0.05) is 24.9 Å². The van der Waals surface area contributed by atoms with Crippen LogP contribution in [0.25, 0.3) is 11.1 Å². The third kappa shape index (κ3) is 4.27. The van der Waals surface area contributed by atoms with E-state index in [0.29, 0.717) is 31.8 Å². The summed E-state index contributed by atoms with van der Waals surface area (Å²) in [5.41, 5.74) is 4.68. The van der Waals surface area contributed by atoms with Crippen molar-refractivity contribution in [2.75, 3.05) is 19.7 Å². The summed E-state index contributed by atoms with van der Waals surface area (Å²) in [7, 11) is 0. The number of nitrogens with one attached hydrogen (secondary N) is 1. The number of carboxylic acids is 1. The highest BCUT2D eigenvalue weighted by atomic mass is 16.5. The number of ether oxygens (including phenoxy) is 1. The standard InChI is InChI=1S/C27H30N2O5/c1-16-10-11-24(26(31)32)29(14-16)25(30)22-12-17(22)13-28-27(33)34-15-23-20-8-4-2-6-18(20)19-7-3-5-9-21(19)23/h2-9,16-17,22-24H,10-15H2,1H3,(H,28,33)(H,31,32)/t16?,17-,22-,24?/m1/s1. The Morgan fingerprint density at radius 3 is 2.32 bits per heavy atom. The van der Waals surface area contributed by atoms with E-state index in [-0.39, 0.29) is 30.3 Å². The smallest absolute Gasteiger partial charge is 0.407 e. The summed E-state index contributed by atoms with van der Waals surface area (Å²) in [6.07, 6.45) is 1.49. The summed E-state index contributed by atoms with van der Waals surface area (Å²) < 4.78 is 5.57. The zero-order chi connectivity index (χ0) is 23.8. The van der Waals surface area contributed by atoms with Crippen molar-refractivity contribution in [1.29, 1.82) is 0 Å². The summed E-state index contributed by atoms with van der Waals surface area (Å²) in [5, 5.41) is 12.3. The molecule has 4 atom stereocenters. The lowest BCUT2D eigenvalue weighted by Gasteiger charge is -2.36. The molecule has 34 heavy (non-hydrogen) atoms. The van der Waals surface area contributed by atoms with E-state index in [4.69, 9.17) is 4.74 Å². The Hall–Kier alpha value is -3.35. The first-order valence-corrected chi connectivity index (χ1v) is 12.1. The van der Waals surface area contributed by atoms with Crippen LogP contribution in [-0.4, -0.2) is 53.7 Å². The number of benzene rings is 2. The van der Waals surface area contributed by atoms with Crippen LogP contribution in [-0.2, 0) is 14.3 Å². The van der Waals surface area contributed by atoms with Gasteiger partial charge in [0.15, 0.2) is 0 Å². The van der Waals surface area contributed by atoms with Crippen molar-refractivity contribution in [3.63, 3.8) is 0 Å². The number of carboxylic acid groups (broad SMARTS) is 1. The number of fused-ring (bicyclic) bond motifs is 3. The van der Waals surface area contributed by atoms with Gasteiger partial charge in [-0.25, -0.2) is 9.59 Å². The second-order valence-corrected chi connectivity index (χ2v) is 9.84. The van der Waals surface area contributed by atoms with E-state index < -0.39 is 18.1 Å². The minimum absolute atomic E-state index is 0.00226. The first kappa shape index (κ1) is 22.4. The van der Waals surface area contributed by atoms with E-state index in [1.54, 1.807) is 0 Å². The van der Waals surface area contributed by atoms with Gasteiger partial charge in [0.05, 0.1) is 0 Å². The van der Waals surface area contributed by atoms with Gasteiger partial charge in [0.25, 0.3) is 0 Å². The maximum Gasteiger partial charge on any atom is 0.407 e. The Labute approximate surface area is 199 Å². The van der Waals surface area contributed by atoms with Crippen LogP contribution in [0.5, 0.6) is 0 Å². The highest BCUT2D eigenvalue weighted by Gasteiger charge is 2.48. The van der Waals surface area contributed by atoms with Gasteiger partial charge < -0.3 is 20.1 Å². The molecule has 1 saturated heterocycles. The molecule has 2 unspecified atom stereocenters. The van der Waals surface area contributed by atoms with Crippen LogP contribution in [0.3, 0.4) is 0 Å². The van der Waals surface area contributed by atoms with Crippen LogP contribution >= 0.6 is 0 Å². The van der Waals surface area contributed by atoms with Crippen molar-refractivity contribution >= 4 is 18.0 Å². The number of nitrogens with zero attached hydrogens (tertiary/aromatic N) is 1. The molecule has 1 saturated carbocycles. The van der Waals surface area contributed by atoms with Gasteiger partial charge in [-0.05, 0) is 53.4 Å². The molecule has 0 spiro atoms. The average Bonchev–Trinajstić information content (AvgIpc) is 3.55. The van der Waals surface area contributed by atoms with Gasteiger partial charge >= 0.3 is 12.1 Å². The van der Waals surface area contributed by atoms with Crippen molar-refractivity contribution in [2.45, 2.75) is 38.1 Å². The predicted molar refractivity (Wildman–Crippen MR) is 126 cm³/mol. The molecular weight excluding hydrogens is 432 g/mol. The van der Waals surface area contributed by atoms with Crippen molar-refractivity contribution in [3.8, 4) is 11.1 Å². The minimum Gasteiger partial charge on any atom is -0.480 e. The number of carbonyl (C=O) groups is 3. The number of hydrogen-bond donors (Lipinski definition) is 2. The summed E-state index contributed by atoms with van der Waals surface area (Å²) in [4.78, 5) is 38.5. The van der Waals surface area contributed by atoms with Crippen LogP contribution in [0.1, 0.15) is 43.2 Å². The number of piperidine rings is 1. The molecule has 7 nitrogen and oxygen atoms in total. The highest BCUT2D eigenvalue weighted by Crippen LogP contribution is 2.44. The number of aliphatic carboxylic acids is 1. The summed E-state index contributed by atoms with van der Waals surface area (Å²) in [5.74, 6) is -0.925. The Morgan fingerprint density at radius 1 is 1.03 bits per heavy atom. The van der Waals surface area contributed by atoms with Crippen molar-refractivity contribution in [3.05, 3.63) is 59.7 Å². The fourth-order valence-corrected chi connectivity index (χ4v) is 5.51. The Kier molecular flexibility index (Phi) is 6.02. The topological polar surface area (TPSA) is 95.9 Å². The molecule has 0 radical (unpaired) electrons. The molecule has 1 aliphatic heterocycles. The normalized spacial score (nSPS) is 25.3. The Balaban J connectivity index is 1.13. The Morgan fingerprint density at radius 2 is 1.68 bits per heavy atom. The Bertz CT molecular complexity index is 1070. The fraction of sp³-hybridized carbons (Fsp3) is 0.444. The first-order chi connectivity index (χ1) is 16.4.